The largest absolute Gasteiger partial charge is 0.271 e. The monoisotopic (exact) mass is 219 g/mol. The highest BCUT2D eigenvalue weighted by Gasteiger charge is 2.11. The molecule has 0 fully saturated rings. The van der Waals surface area contributed by atoms with Crippen LogP contribution in [-0.2, 0) is 6.42 Å². The normalized spacial score (nSPS) is 12.6. The molecular formula is C11H13N3S. The van der Waals surface area contributed by atoms with Gasteiger partial charge in [-0.2, -0.15) is 0 Å². The Labute approximate surface area is 92.9 Å². The number of pyridine rings is 1. The predicted molar refractivity (Wildman–Crippen MR) is 62.3 cm³/mol. The Bertz CT molecular complexity index is 385. The van der Waals surface area contributed by atoms with E-state index in [9.17, 15) is 0 Å². The highest BCUT2D eigenvalue weighted by molar-refractivity contribution is 7.09. The number of rotatable bonds is 4. The molecule has 1 atom stereocenters. The minimum absolute atomic E-state index is 0.0878. The van der Waals surface area contributed by atoms with E-state index >= 15 is 0 Å². The van der Waals surface area contributed by atoms with Crippen molar-refractivity contribution in [2.45, 2.75) is 12.5 Å². The van der Waals surface area contributed by atoms with Crippen molar-refractivity contribution in [2.24, 2.45) is 5.84 Å². The fraction of sp³-hybridized carbons (Fsp3) is 0.182. The molecule has 2 rings (SSSR count). The molecule has 0 spiro atoms. The van der Waals surface area contributed by atoms with Crippen LogP contribution in [-0.4, -0.2) is 4.98 Å². The number of nitrogens with one attached hydrogen (secondary N) is 1. The number of nitrogens with two attached hydrogens (primary N) is 1. The van der Waals surface area contributed by atoms with Gasteiger partial charge < -0.3 is 0 Å². The van der Waals surface area contributed by atoms with Gasteiger partial charge in [-0.05, 0) is 23.6 Å². The Kier molecular flexibility index (Phi) is 3.45. The second-order valence-electron chi connectivity index (χ2n) is 3.26. The molecule has 2 aromatic heterocycles. The van der Waals surface area contributed by atoms with Crippen molar-refractivity contribution in [1.82, 2.24) is 10.4 Å². The first kappa shape index (κ1) is 10.3. The van der Waals surface area contributed by atoms with Crippen molar-refractivity contribution in [3.63, 3.8) is 0 Å². The maximum absolute atomic E-state index is 5.54. The number of thiophene rings is 1. The number of hydrazine groups is 1. The van der Waals surface area contributed by atoms with Gasteiger partial charge >= 0.3 is 0 Å². The van der Waals surface area contributed by atoms with Gasteiger partial charge in [0.15, 0.2) is 0 Å². The number of nitrogens with zero attached hydrogens (tertiary/aromatic N) is 1. The Morgan fingerprint density at radius 3 is 2.87 bits per heavy atom. The zero-order chi connectivity index (χ0) is 10.5. The van der Waals surface area contributed by atoms with Gasteiger partial charge in [0.1, 0.15) is 0 Å². The van der Waals surface area contributed by atoms with Gasteiger partial charge in [-0.15, -0.1) is 11.3 Å². The lowest BCUT2D eigenvalue weighted by molar-refractivity contribution is 0.542. The van der Waals surface area contributed by atoms with Gasteiger partial charge in [-0.3, -0.25) is 16.3 Å². The minimum Gasteiger partial charge on any atom is -0.271 e. The fourth-order valence-electron chi connectivity index (χ4n) is 1.46. The first-order valence-corrected chi connectivity index (χ1v) is 5.67. The molecule has 0 radical (unpaired) electrons. The second kappa shape index (κ2) is 5.02. The van der Waals surface area contributed by atoms with E-state index in [1.165, 1.54) is 4.88 Å². The number of aromatic nitrogens is 1. The van der Waals surface area contributed by atoms with E-state index < -0.39 is 0 Å². The van der Waals surface area contributed by atoms with E-state index in [1.54, 1.807) is 17.5 Å². The van der Waals surface area contributed by atoms with Crippen LogP contribution in [0.1, 0.15) is 16.6 Å². The second-order valence-corrected chi connectivity index (χ2v) is 4.29. The molecular weight excluding hydrogens is 206 g/mol. The molecule has 2 heterocycles. The van der Waals surface area contributed by atoms with Gasteiger partial charge in [0.25, 0.3) is 0 Å². The molecule has 1 unspecified atom stereocenters. The average Bonchev–Trinajstić information content (AvgIpc) is 2.80. The van der Waals surface area contributed by atoms with Crippen molar-refractivity contribution in [3.8, 4) is 0 Å². The van der Waals surface area contributed by atoms with E-state index in [-0.39, 0.29) is 6.04 Å². The van der Waals surface area contributed by atoms with E-state index in [0.29, 0.717) is 0 Å². The highest BCUT2D eigenvalue weighted by Crippen LogP contribution is 2.18. The molecule has 78 valence electrons. The van der Waals surface area contributed by atoms with Crippen molar-refractivity contribution >= 4 is 11.3 Å². The lowest BCUT2D eigenvalue weighted by Gasteiger charge is -2.13. The van der Waals surface area contributed by atoms with Gasteiger partial charge in [-0.1, -0.05) is 12.1 Å². The summed E-state index contributed by atoms with van der Waals surface area (Å²) in [6.07, 6.45) is 2.67. The Balaban J connectivity index is 2.12. The Morgan fingerprint density at radius 1 is 1.33 bits per heavy atom. The van der Waals surface area contributed by atoms with Crippen molar-refractivity contribution in [1.29, 1.82) is 0 Å². The van der Waals surface area contributed by atoms with Crippen molar-refractivity contribution in [2.75, 3.05) is 0 Å². The SMILES string of the molecule is NNC(Cc1cccs1)c1ccccn1. The van der Waals surface area contributed by atoms with Crippen LogP contribution in [0.25, 0.3) is 0 Å². The van der Waals surface area contributed by atoms with E-state index in [4.69, 9.17) is 5.84 Å². The Hall–Kier alpha value is -1.23. The Morgan fingerprint density at radius 2 is 2.27 bits per heavy atom. The summed E-state index contributed by atoms with van der Waals surface area (Å²) in [5.74, 6) is 5.54. The van der Waals surface area contributed by atoms with Crippen LogP contribution in [0.4, 0.5) is 0 Å². The fourth-order valence-corrected chi connectivity index (χ4v) is 2.21. The van der Waals surface area contributed by atoms with Gasteiger partial charge in [0.2, 0.25) is 0 Å². The van der Waals surface area contributed by atoms with E-state index in [1.807, 2.05) is 24.3 Å². The smallest absolute Gasteiger partial charge is 0.0680 e. The van der Waals surface area contributed by atoms with Crippen molar-refractivity contribution < 1.29 is 0 Å². The van der Waals surface area contributed by atoms with Crippen LogP contribution in [0.5, 0.6) is 0 Å². The third kappa shape index (κ3) is 2.62. The molecule has 0 aliphatic heterocycles. The zero-order valence-electron chi connectivity index (χ0n) is 8.26. The number of hydrogen-bond donors (Lipinski definition) is 2. The lowest BCUT2D eigenvalue weighted by atomic mass is 10.1. The van der Waals surface area contributed by atoms with Crippen LogP contribution in [0.3, 0.4) is 0 Å². The predicted octanol–water partition coefficient (Wildman–Crippen LogP) is 1.89. The molecule has 0 amide bonds. The van der Waals surface area contributed by atoms with Crippen LogP contribution in [0.2, 0.25) is 0 Å². The molecule has 0 aliphatic carbocycles. The zero-order valence-corrected chi connectivity index (χ0v) is 9.08. The summed E-state index contributed by atoms with van der Waals surface area (Å²) in [5.41, 5.74) is 3.78. The summed E-state index contributed by atoms with van der Waals surface area (Å²) in [6, 6.07) is 10.1. The number of hydrogen-bond acceptors (Lipinski definition) is 4. The topological polar surface area (TPSA) is 50.9 Å². The van der Waals surface area contributed by atoms with E-state index in [0.717, 1.165) is 12.1 Å². The van der Waals surface area contributed by atoms with Crippen LogP contribution < -0.4 is 11.3 Å². The average molecular weight is 219 g/mol. The molecule has 3 nitrogen and oxygen atoms in total. The molecule has 0 aromatic carbocycles. The van der Waals surface area contributed by atoms with Gasteiger partial charge in [0, 0.05) is 17.5 Å². The standard InChI is InChI=1S/C11H13N3S/c12-14-11(8-9-4-3-7-15-9)10-5-1-2-6-13-10/h1-7,11,14H,8,12H2. The van der Waals surface area contributed by atoms with Crippen LogP contribution in [0.15, 0.2) is 41.9 Å². The molecule has 15 heavy (non-hydrogen) atoms. The van der Waals surface area contributed by atoms with E-state index in [2.05, 4.69) is 21.9 Å². The van der Waals surface area contributed by atoms with Gasteiger partial charge in [-0.25, -0.2) is 0 Å². The molecule has 4 heteroatoms. The summed E-state index contributed by atoms with van der Waals surface area (Å²) in [4.78, 5) is 5.60. The maximum Gasteiger partial charge on any atom is 0.0680 e. The summed E-state index contributed by atoms with van der Waals surface area (Å²) in [5, 5.41) is 2.07. The first-order valence-electron chi connectivity index (χ1n) is 4.79. The summed E-state index contributed by atoms with van der Waals surface area (Å²) < 4.78 is 0. The van der Waals surface area contributed by atoms with Gasteiger partial charge in [0.05, 0.1) is 11.7 Å². The third-order valence-electron chi connectivity index (χ3n) is 2.23. The van der Waals surface area contributed by atoms with Crippen LogP contribution >= 0.6 is 11.3 Å². The summed E-state index contributed by atoms with van der Waals surface area (Å²) >= 11 is 1.74. The summed E-state index contributed by atoms with van der Waals surface area (Å²) in [7, 11) is 0. The minimum atomic E-state index is 0.0878. The third-order valence-corrected chi connectivity index (χ3v) is 3.13. The molecule has 2 aromatic rings. The van der Waals surface area contributed by atoms with Crippen molar-refractivity contribution in [3.05, 3.63) is 52.5 Å². The molecule has 0 aliphatic rings. The molecule has 0 bridgehead atoms. The molecule has 0 saturated carbocycles. The van der Waals surface area contributed by atoms with Crippen LogP contribution in [0, 0.1) is 0 Å². The lowest BCUT2D eigenvalue weighted by Crippen LogP contribution is -2.29. The maximum atomic E-state index is 5.54. The molecule has 3 N–H and O–H groups in total. The first-order chi connectivity index (χ1) is 7.40. The highest BCUT2D eigenvalue weighted by atomic mass is 32.1. The molecule has 0 saturated heterocycles. The quantitative estimate of drug-likeness (QED) is 0.610. The summed E-state index contributed by atoms with van der Waals surface area (Å²) in [6.45, 7) is 0.